The number of primary amides is 1. The molecule has 0 unspecified atom stereocenters. The maximum absolute atomic E-state index is 12.4. The van der Waals surface area contributed by atoms with E-state index in [2.05, 4.69) is 20.9 Å². The fraction of sp³-hybridized carbons (Fsp3) is 0.250. The minimum absolute atomic E-state index is 0.0353. The van der Waals surface area contributed by atoms with Crippen molar-refractivity contribution in [2.24, 2.45) is 5.73 Å². The Morgan fingerprint density at radius 3 is 2.64 bits per heavy atom. The summed E-state index contributed by atoms with van der Waals surface area (Å²) < 4.78 is 24.9. The molecule has 1 rings (SSSR count). The lowest BCUT2D eigenvalue weighted by Crippen LogP contribution is -2.15. The van der Waals surface area contributed by atoms with Crippen LogP contribution in [0, 0.1) is 6.92 Å². The van der Waals surface area contributed by atoms with Crippen LogP contribution in [-0.4, -0.2) is 10.9 Å². The molecule has 0 aliphatic rings. The van der Waals surface area contributed by atoms with Crippen molar-refractivity contribution in [1.82, 2.24) is 4.98 Å². The van der Waals surface area contributed by atoms with E-state index in [0.29, 0.717) is 0 Å². The van der Waals surface area contributed by atoms with E-state index in [0.717, 1.165) is 6.07 Å². The first kappa shape index (κ1) is 11.0. The van der Waals surface area contributed by atoms with Crippen molar-refractivity contribution in [2.45, 2.75) is 13.3 Å². The van der Waals surface area contributed by atoms with Gasteiger partial charge in [-0.05, 0) is 28.9 Å². The lowest BCUT2D eigenvalue weighted by molar-refractivity contribution is 0.0993. The molecule has 0 aliphatic carbocycles. The molecule has 1 amide bonds. The van der Waals surface area contributed by atoms with E-state index in [1.807, 2.05) is 0 Å². The molecule has 2 N–H and O–H groups in total. The van der Waals surface area contributed by atoms with Crippen LogP contribution in [0.15, 0.2) is 10.5 Å². The number of amides is 1. The monoisotopic (exact) mass is 264 g/mol. The van der Waals surface area contributed by atoms with Crippen LogP contribution >= 0.6 is 15.9 Å². The standard InChI is InChI=1S/C8H7BrF2N2O/c1-3-4(7(10)11)2-5(9)6(13-3)8(12)14/h2,7H,1H3,(H2,12,14). The van der Waals surface area contributed by atoms with E-state index in [1.165, 1.54) is 6.92 Å². The van der Waals surface area contributed by atoms with E-state index in [1.54, 1.807) is 0 Å². The predicted molar refractivity (Wildman–Crippen MR) is 50.1 cm³/mol. The maximum atomic E-state index is 12.4. The van der Waals surface area contributed by atoms with Gasteiger partial charge in [-0.1, -0.05) is 0 Å². The second kappa shape index (κ2) is 4.00. The van der Waals surface area contributed by atoms with Crippen molar-refractivity contribution in [3.8, 4) is 0 Å². The van der Waals surface area contributed by atoms with Crippen molar-refractivity contribution in [3.05, 3.63) is 27.5 Å². The number of carbonyl (C=O) groups is 1. The van der Waals surface area contributed by atoms with Gasteiger partial charge in [0.15, 0.2) is 0 Å². The van der Waals surface area contributed by atoms with Gasteiger partial charge < -0.3 is 5.73 Å². The van der Waals surface area contributed by atoms with E-state index >= 15 is 0 Å². The van der Waals surface area contributed by atoms with E-state index in [-0.39, 0.29) is 21.4 Å². The zero-order valence-electron chi connectivity index (χ0n) is 7.22. The predicted octanol–water partition coefficient (Wildman–Crippen LogP) is 2.19. The van der Waals surface area contributed by atoms with Crippen LogP contribution < -0.4 is 5.73 Å². The lowest BCUT2D eigenvalue weighted by Gasteiger charge is -2.06. The Morgan fingerprint density at radius 1 is 1.64 bits per heavy atom. The van der Waals surface area contributed by atoms with Crippen LogP contribution in [-0.2, 0) is 0 Å². The quantitative estimate of drug-likeness (QED) is 0.891. The molecule has 6 heteroatoms. The zero-order valence-corrected chi connectivity index (χ0v) is 8.81. The molecule has 0 fully saturated rings. The molecule has 0 spiro atoms. The summed E-state index contributed by atoms with van der Waals surface area (Å²) in [6.07, 6.45) is -2.61. The topological polar surface area (TPSA) is 56.0 Å². The van der Waals surface area contributed by atoms with Crippen molar-refractivity contribution < 1.29 is 13.6 Å². The number of rotatable bonds is 2. The molecule has 3 nitrogen and oxygen atoms in total. The van der Waals surface area contributed by atoms with Gasteiger partial charge in [0.25, 0.3) is 12.3 Å². The highest BCUT2D eigenvalue weighted by atomic mass is 79.9. The summed E-state index contributed by atoms with van der Waals surface area (Å²) in [5, 5.41) is 0. The normalized spacial score (nSPS) is 10.6. The van der Waals surface area contributed by atoms with Crippen LogP contribution in [0.25, 0.3) is 0 Å². The van der Waals surface area contributed by atoms with Crippen molar-refractivity contribution in [1.29, 1.82) is 0 Å². The summed E-state index contributed by atoms with van der Waals surface area (Å²) in [4.78, 5) is 14.5. The molecule has 0 atom stereocenters. The highest BCUT2D eigenvalue weighted by molar-refractivity contribution is 9.10. The summed E-state index contributed by atoms with van der Waals surface area (Å²) in [7, 11) is 0. The first-order valence-electron chi connectivity index (χ1n) is 3.68. The third-order valence-electron chi connectivity index (χ3n) is 1.67. The molecular weight excluding hydrogens is 258 g/mol. The average molecular weight is 265 g/mol. The lowest BCUT2D eigenvalue weighted by atomic mass is 10.2. The molecule has 14 heavy (non-hydrogen) atoms. The number of hydrogen-bond acceptors (Lipinski definition) is 2. The van der Waals surface area contributed by atoms with Crippen LogP contribution in [0.2, 0.25) is 0 Å². The smallest absolute Gasteiger partial charge is 0.268 e. The minimum Gasteiger partial charge on any atom is -0.364 e. The SMILES string of the molecule is Cc1nc(C(N)=O)c(Br)cc1C(F)F. The van der Waals surface area contributed by atoms with Crippen molar-refractivity contribution >= 4 is 21.8 Å². The molecule has 1 aromatic heterocycles. The van der Waals surface area contributed by atoms with Gasteiger partial charge in [0, 0.05) is 15.7 Å². The summed E-state index contributed by atoms with van der Waals surface area (Å²) >= 11 is 2.95. The number of hydrogen-bond donors (Lipinski definition) is 1. The second-order valence-corrected chi connectivity index (χ2v) is 3.51. The molecule has 0 saturated heterocycles. The van der Waals surface area contributed by atoms with E-state index < -0.39 is 12.3 Å². The van der Waals surface area contributed by atoms with Gasteiger partial charge in [0.1, 0.15) is 5.69 Å². The van der Waals surface area contributed by atoms with Crippen molar-refractivity contribution in [3.63, 3.8) is 0 Å². The highest BCUT2D eigenvalue weighted by Gasteiger charge is 2.16. The fourth-order valence-electron chi connectivity index (χ4n) is 0.989. The molecule has 76 valence electrons. The van der Waals surface area contributed by atoms with Gasteiger partial charge in [-0.25, -0.2) is 13.8 Å². The van der Waals surface area contributed by atoms with Gasteiger partial charge in [-0.2, -0.15) is 0 Å². The average Bonchev–Trinajstić information content (AvgIpc) is 2.07. The van der Waals surface area contributed by atoms with E-state index in [4.69, 9.17) is 5.73 Å². The van der Waals surface area contributed by atoms with Crippen LogP contribution in [0.3, 0.4) is 0 Å². The fourth-order valence-corrected chi connectivity index (χ4v) is 1.52. The van der Waals surface area contributed by atoms with Crippen LogP contribution in [0.5, 0.6) is 0 Å². The molecule has 0 aromatic carbocycles. The Bertz CT molecular complexity index is 382. The number of nitrogens with two attached hydrogens (primary N) is 1. The molecule has 0 aliphatic heterocycles. The molecule has 0 radical (unpaired) electrons. The van der Waals surface area contributed by atoms with Crippen LogP contribution in [0.1, 0.15) is 28.2 Å². The van der Waals surface area contributed by atoms with Crippen molar-refractivity contribution in [2.75, 3.05) is 0 Å². The first-order valence-corrected chi connectivity index (χ1v) is 4.47. The summed E-state index contributed by atoms with van der Waals surface area (Å²) in [6.45, 7) is 1.40. The third kappa shape index (κ3) is 2.06. The Hall–Kier alpha value is -1.04. The number of pyridine rings is 1. The van der Waals surface area contributed by atoms with Gasteiger partial charge in [0.05, 0.1) is 0 Å². The van der Waals surface area contributed by atoms with Gasteiger partial charge >= 0.3 is 0 Å². The van der Waals surface area contributed by atoms with Gasteiger partial charge in [-0.3, -0.25) is 4.79 Å². The molecule has 1 aromatic rings. The Morgan fingerprint density at radius 2 is 2.21 bits per heavy atom. The molecule has 0 saturated carbocycles. The Kier molecular flexibility index (Phi) is 3.15. The van der Waals surface area contributed by atoms with Gasteiger partial charge in [0.2, 0.25) is 0 Å². The number of alkyl halides is 2. The number of nitrogens with zero attached hydrogens (tertiary/aromatic N) is 1. The molecule has 0 bridgehead atoms. The number of aromatic nitrogens is 1. The Labute approximate surface area is 87.4 Å². The number of carbonyl (C=O) groups excluding carboxylic acids is 1. The summed E-state index contributed by atoms with van der Waals surface area (Å²) in [5.41, 5.74) is 4.86. The first-order chi connectivity index (χ1) is 6.43. The summed E-state index contributed by atoms with van der Waals surface area (Å²) in [5.74, 6) is -0.749. The van der Waals surface area contributed by atoms with Crippen LogP contribution in [0.4, 0.5) is 8.78 Å². The highest BCUT2D eigenvalue weighted by Crippen LogP contribution is 2.26. The maximum Gasteiger partial charge on any atom is 0.268 e. The number of halogens is 3. The number of aryl methyl sites for hydroxylation is 1. The second-order valence-electron chi connectivity index (χ2n) is 2.66. The minimum atomic E-state index is -2.61. The zero-order chi connectivity index (χ0) is 10.9. The molecular formula is C8H7BrF2N2O. The molecule has 1 heterocycles. The van der Waals surface area contributed by atoms with E-state index in [9.17, 15) is 13.6 Å². The van der Waals surface area contributed by atoms with Gasteiger partial charge in [-0.15, -0.1) is 0 Å². The largest absolute Gasteiger partial charge is 0.364 e. The Balaban J connectivity index is 3.31. The third-order valence-corrected chi connectivity index (χ3v) is 2.28. The summed E-state index contributed by atoms with van der Waals surface area (Å²) in [6, 6.07) is 1.16.